The topological polar surface area (TPSA) is 130 Å². The predicted octanol–water partition coefficient (Wildman–Crippen LogP) is 1.92. The molecule has 1 amide bonds. The zero-order valence-electron chi connectivity index (χ0n) is 17.6. The molecule has 2 atom stereocenters. The van der Waals surface area contributed by atoms with Gasteiger partial charge in [-0.25, -0.2) is 15.2 Å². The molecule has 0 bridgehead atoms. The van der Waals surface area contributed by atoms with Crippen LogP contribution in [0.3, 0.4) is 0 Å². The molecule has 0 saturated heterocycles. The van der Waals surface area contributed by atoms with Gasteiger partial charge >= 0.3 is 6.09 Å². The standard InChI is InChI=1S/C20H32N6O3/c1-13(11-18(25-21)23-17(26-22-4)8-5-14(2)27)15-6-7-16(12-15)29-19(28)24-20(3)9-10-20/h5,8,11,15-16,22H,6-7,9-10,12,21H2,1-4H3,(H,24,28)(H,23,25,26)/b8-5-,13-11+. The van der Waals surface area contributed by atoms with Crippen LogP contribution in [-0.2, 0) is 9.53 Å². The summed E-state index contributed by atoms with van der Waals surface area (Å²) >= 11 is 0. The highest BCUT2D eigenvalue weighted by atomic mass is 16.6. The molecule has 0 radical (unpaired) electrons. The fourth-order valence-electron chi connectivity index (χ4n) is 3.18. The Morgan fingerprint density at radius 2 is 1.93 bits per heavy atom. The van der Waals surface area contributed by atoms with E-state index in [0.717, 1.165) is 37.7 Å². The van der Waals surface area contributed by atoms with Crippen molar-refractivity contribution in [2.45, 2.75) is 64.5 Å². The first kappa shape index (κ1) is 22.6. The average molecular weight is 405 g/mol. The predicted molar refractivity (Wildman–Crippen MR) is 113 cm³/mol. The second-order valence-corrected chi connectivity index (χ2v) is 7.91. The molecule has 0 aromatic rings. The van der Waals surface area contributed by atoms with Gasteiger partial charge in [-0.3, -0.25) is 4.79 Å². The summed E-state index contributed by atoms with van der Waals surface area (Å²) in [6.07, 6.45) is 8.87. The van der Waals surface area contributed by atoms with Gasteiger partial charge in [-0.05, 0) is 77.0 Å². The van der Waals surface area contributed by atoms with Gasteiger partial charge in [-0.1, -0.05) is 5.57 Å². The maximum atomic E-state index is 12.0. The fourth-order valence-corrected chi connectivity index (χ4v) is 3.18. The lowest BCUT2D eigenvalue weighted by Crippen LogP contribution is -2.36. The summed E-state index contributed by atoms with van der Waals surface area (Å²) in [7, 11) is 1.69. The number of alkyl carbamates (subject to hydrolysis) is 1. The van der Waals surface area contributed by atoms with Crippen LogP contribution < -0.4 is 22.0 Å². The number of hydrazine groups is 1. The number of carbonyl (C=O) groups is 2. The molecule has 0 heterocycles. The van der Waals surface area contributed by atoms with E-state index in [-0.39, 0.29) is 29.4 Å². The van der Waals surface area contributed by atoms with Crippen molar-refractivity contribution in [3.8, 4) is 0 Å². The first-order valence-electron chi connectivity index (χ1n) is 9.89. The molecule has 160 valence electrons. The SMILES string of the molecule is CNNC(/C=C\C(C)=O)=N/C(/C=C(\C)C1CCC(OC(=O)NC2(C)CC2)C1)=N/N. The Balaban J connectivity index is 1.96. The molecular formula is C20H32N6O3. The van der Waals surface area contributed by atoms with Crippen LogP contribution >= 0.6 is 0 Å². The van der Waals surface area contributed by atoms with Crippen molar-refractivity contribution in [2.24, 2.45) is 21.9 Å². The van der Waals surface area contributed by atoms with Crippen LogP contribution in [0.2, 0.25) is 0 Å². The van der Waals surface area contributed by atoms with Gasteiger partial charge < -0.3 is 21.3 Å². The van der Waals surface area contributed by atoms with E-state index in [9.17, 15) is 9.59 Å². The second-order valence-electron chi connectivity index (χ2n) is 7.91. The molecule has 9 heteroatoms. The Hall–Kier alpha value is -2.68. The lowest BCUT2D eigenvalue weighted by molar-refractivity contribution is -0.112. The molecule has 0 aromatic heterocycles. The number of carbonyl (C=O) groups excluding carboxylic acids is 2. The van der Waals surface area contributed by atoms with Crippen LogP contribution in [0, 0.1) is 5.92 Å². The number of allylic oxidation sites excluding steroid dienone is 2. The molecule has 2 saturated carbocycles. The number of hydrazone groups is 1. The summed E-state index contributed by atoms with van der Waals surface area (Å²) in [4.78, 5) is 27.5. The molecule has 5 N–H and O–H groups in total. The monoisotopic (exact) mass is 404 g/mol. The second kappa shape index (κ2) is 10.2. The average Bonchev–Trinajstić information content (AvgIpc) is 3.18. The number of hydrogen-bond donors (Lipinski definition) is 4. The third-order valence-corrected chi connectivity index (χ3v) is 5.16. The summed E-state index contributed by atoms with van der Waals surface area (Å²) in [5.74, 6) is 6.42. The highest BCUT2D eigenvalue weighted by molar-refractivity contribution is 6.08. The van der Waals surface area contributed by atoms with Crippen molar-refractivity contribution in [2.75, 3.05) is 7.05 Å². The number of ketones is 1. The lowest BCUT2D eigenvalue weighted by Gasteiger charge is -2.16. The van der Waals surface area contributed by atoms with Gasteiger partial charge in [0.05, 0.1) is 0 Å². The number of rotatable bonds is 7. The number of aliphatic imine (C=N–C) groups is 1. The zero-order chi connectivity index (χ0) is 21.4. The zero-order valence-corrected chi connectivity index (χ0v) is 17.6. The summed E-state index contributed by atoms with van der Waals surface area (Å²) in [6.45, 7) is 5.48. The van der Waals surface area contributed by atoms with Crippen molar-refractivity contribution in [3.05, 3.63) is 23.8 Å². The van der Waals surface area contributed by atoms with E-state index in [0.29, 0.717) is 11.7 Å². The van der Waals surface area contributed by atoms with Crippen molar-refractivity contribution >= 4 is 23.5 Å². The van der Waals surface area contributed by atoms with Crippen LogP contribution in [-0.4, -0.2) is 42.2 Å². The molecule has 2 aliphatic rings. The van der Waals surface area contributed by atoms with Gasteiger partial charge in [0.1, 0.15) is 11.9 Å². The molecule has 0 spiro atoms. The molecule has 2 unspecified atom stereocenters. The molecule has 29 heavy (non-hydrogen) atoms. The van der Waals surface area contributed by atoms with Crippen molar-refractivity contribution in [1.29, 1.82) is 0 Å². The van der Waals surface area contributed by atoms with Crippen molar-refractivity contribution < 1.29 is 14.3 Å². The maximum absolute atomic E-state index is 12.0. The summed E-state index contributed by atoms with van der Waals surface area (Å²) in [5, 5.41) is 6.66. The van der Waals surface area contributed by atoms with Crippen LogP contribution in [0.25, 0.3) is 0 Å². The Morgan fingerprint density at radius 3 is 2.52 bits per heavy atom. The number of amidine groups is 2. The summed E-state index contributed by atoms with van der Waals surface area (Å²) in [5.41, 5.74) is 6.58. The third-order valence-electron chi connectivity index (χ3n) is 5.16. The van der Waals surface area contributed by atoms with Gasteiger partial charge in [0, 0.05) is 12.6 Å². The minimum absolute atomic E-state index is 0.0780. The molecular weight excluding hydrogens is 372 g/mol. The largest absolute Gasteiger partial charge is 0.446 e. The maximum Gasteiger partial charge on any atom is 0.407 e. The Bertz CT molecular complexity index is 736. The van der Waals surface area contributed by atoms with Crippen molar-refractivity contribution in [3.63, 3.8) is 0 Å². The smallest absolute Gasteiger partial charge is 0.407 e. The van der Waals surface area contributed by atoms with Crippen LogP contribution in [0.5, 0.6) is 0 Å². The van der Waals surface area contributed by atoms with Crippen LogP contribution in [0.1, 0.15) is 52.9 Å². The Kier molecular flexibility index (Phi) is 7.95. The van der Waals surface area contributed by atoms with E-state index in [2.05, 4.69) is 26.3 Å². The Labute approximate surface area is 171 Å². The molecule has 2 fully saturated rings. The number of hydrogen-bond acceptors (Lipinski definition) is 6. The number of ether oxygens (including phenoxy) is 1. The van der Waals surface area contributed by atoms with E-state index in [1.165, 1.54) is 13.0 Å². The molecule has 0 aromatic carbocycles. The molecule has 0 aliphatic heterocycles. The van der Waals surface area contributed by atoms with Gasteiger partial charge in [-0.15, -0.1) is 0 Å². The normalized spacial score (nSPS) is 24.5. The third kappa shape index (κ3) is 7.69. The van der Waals surface area contributed by atoms with Crippen molar-refractivity contribution in [1.82, 2.24) is 16.2 Å². The summed E-state index contributed by atoms with van der Waals surface area (Å²) in [6, 6.07) is 0. The van der Waals surface area contributed by atoms with E-state index < -0.39 is 0 Å². The van der Waals surface area contributed by atoms with Gasteiger partial charge in [0.25, 0.3) is 0 Å². The minimum atomic E-state index is -0.328. The minimum Gasteiger partial charge on any atom is -0.446 e. The summed E-state index contributed by atoms with van der Waals surface area (Å²) < 4.78 is 5.57. The lowest BCUT2D eigenvalue weighted by atomic mass is 9.98. The molecule has 2 rings (SSSR count). The number of nitrogens with one attached hydrogen (secondary N) is 3. The van der Waals surface area contributed by atoms with Crippen LogP contribution in [0.15, 0.2) is 33.9 Å². The van der Waals surface area contributed by atoms with Gasteiger partial charge in [0.2, 0.25) is 0 Å². The van der Waals surface area contributed by atoms with Gasteiger partial charge in [0.15, 0.2) is 11.6 Å². The first-order chi connectivity index (χ1) is 13.7. The van der Waals surface area contributed by atoms with E-state index in [1.807, 2.05) is 19.9 Å². The highest BCUT2D eigenvalue weighted by Gasteiger charge is 2.40. The van der Waals surface area contributed by atoms with Crippen LogP contribution in [0.4, 0.5) is 4.79 Å². The van der Waals surface area contributed by atoms with E-state index in [1.54, 1.807) is 13.1 Å². The molecule has 9 nitrogen and oxygen atoms in total. The van der Waals surface area contributed by atoms with E-state index >= 15 is 0 Å². The van der Waals surface area contributed by atoms with Gasteiger partial charge in [-0.2, -0.15) is 5.10 Å². The fraction of sp³-hybridized carbons (Fsp3) is 0.600. The molecule has 2 aliphatic carbocycles. The number of amides is 1. The highest BCUT2D eigenvalue weighted by Crippen LogP contribution is 2.36. The number of nitrogens with two attached hydrogens (primary N) is 1. The quantitative estimate of drug-likeness (QED) is 0.169. The first-order valence-corrected chi connectivity index (χ1v) is 9.89. The number of nitrogens with zero attached hydrogens (tertiary/aromatic N) is 2. The Morgan fingerprint density at radius 1 is 1.21 bits per heavy atom. The van der Waals surface area contributed by atoms with E-state index in [4.69, 9.17) is 10.6 Å².